The Kier molecular flexibility index (Phi) is 8.57. The van der Waals surface area contributed by atoms with Crippen LogP contribution in [-0.4, -0.2) is 19.1 Å². The van der Waals surface area contributed by atoms with Crippen molar-refractivity contribution in [2.24, 2.45) is 16.6 Å². The third-order valence-corrected chi connectivity index (χ3v) is 4.89. The number of nitrogens with zero attached hydrogens (tertiary/aromatic N) is 1. The number of rotatable bonds is 5. The van der Waals surface area contributed by atoms with Crippen LogP contribution in [0.15, 0.2) is 59.6 Å². The zero-order valence-corrected chi connectivity index (χ0v) is 18.4. The Hall–Kier alpha value is -1.60. The summed E-state index contributed by atoms with van der Waals surface area (Å²) in [5.74, 6) is 1.30. The fourth-order valence-electron chi connectivity index (χ4n) is 3.42. The van der Waals surface area contributed by atoms with E-state index in [1.165, 1.54) is 11.1 Å². The maximum atomic E-state index is 6.13. The maximum absolute atomic E-state index is 6.13. The van der Waals surface area contributed by atoms with Gasteiger partial charge in [-0.05, 0) is 42.0 Å². The van der Waals surface area contributed by atoms with Gasteiger partial charge < -0.3 is 15.8 Å². The first-order valence-electron chi connectivity index (χ1n) is 9.47. The first kappa shape index (κ1) is 21.7. The molecule has 1 saturated heterocycles. The Bertz CT molecular complexity index is 733. The van der Waals surface area contributed by atoms with Crippen molar-refractivity contribution in [3.05, 3.63) is 65.7 Å². The molecule has 2 aromatic rings. The number of ether oxygens (including phenoxy) is 1. The molecule has 2 atom stereocenters. The SMILES string of the molecule is CC(C)c1cccc(NC(N)=NCC2CCCOC2c2ccccc2)c1.I. The summed E-state index contributed by atoms with van der Waals surface area (Å²) in [7, 11) is 0. The Balaban J connectivity index is 0.00000261. The molecule has 146 valence electrons. The quantitative estimate of drug-likeness (QED) is 0.347. The van der Waals surface area contributed by atoms with Crippen molar-refractivity contribution in [3.8, 4) is 0 Å². The normalized spacial score (nSPS) is 20.2. The lowest BCUT2D eigenvalue weighted by atomic mass is 9.89. The molecule has 1 fully saturated rings. The van der Waals surface area contributed by atoms with Crippen LogP contribution in [0.1, 0.15) is 49.8 Å². The molecule has 0 aromatic heterocycles. The lowest BCUT2D eigenvalue weighted by Gasteiger charge is -2.31. The van der Waals surface area contributed by atoms with E-state index >= 15 is 0 Å². The highest BCUT2D eigenvalue weighted by Crippen LogP contribution is 2.33. The first-order valence-corrected chi connectivity index (χ1v) is 9.47. The van der Waals surface area contributed by atoms with Crippen molar-refractivity contribution in [1.29, 1.82) is 0 Å². The van der Waals surface area contributed by atoms with E-state index in [9.17, 15) is 0 Å². The summed E-state index contributed by atoms with van der Waals surface area (Å²) >= 11 is 0. The van der Waals surface area contributed by atoms with Crippen molar-refractivity contribution in [2.45, 2.75) is 38.7 Å². The number of anilines is 1. The molecular weight excluding hydrogens is 449 g/mol. The monoisotopic (exact) mass is 479 g/mol. The average Bonchev–Trinajstić information content (AvgIpc) is 2.67. The van der Waals surface area contributed by atoms with Crippen molar-refractivity contribution >= 4 is 35.6 Å². The van der Waals surface area contributed by atoms with E-state index < -0.39 is 0 Å². The van der Waals surface area contributed by atoms with Gasteiger partial charge >= 0.3 is 0 Å². The molecule has 2 unspecified atom stereocenters. The Morgan fingerprint density at radius 1 is 1.19 bits per heavy atom. The second-order valence-corrected chi connectivity index (χ2v) is 7.24. The highest BCUT2D eigenvalue weighted by atomic mass is 127. The Labute approximate surface area is 179 Å². The molecule has 0 radical (unpaired) electrons. The van der Waals surface area contributed by atoms with Crippen LogP contribution in [0.25, 0.3) is 0 Å². The minimum Gasteiger partial charge on any atom is -0.373 e. The van der Waals surface area contributed by atoms with Crippen molar-refractivity contribution < 1.29 is 4.74 Å². The van der Waals surface area contributed by atoms with Crippen LogP contribution in [0, 0.1) is 5.92 Å². The van der Waals surface area contributed by atoms with Crippen molar-refractivity contribution in [1.82, 2.24) is 0 Å². The fraction of sp³-hybridized carbons (Fsp3) is 0.409. The van der Waals surface area contributed by atoms with Gasteiger partial charge in [0, 0.05) is 24.8 Å². The molecule has 0 aliphatic carbocycles. The molecule has 4 nitrogen and oxygen atoms in total. The van der Waals surface area contributed by atoms with Crippen LogP contribution in [0.4, 0.5) is 5.69 Å². The van der Waals surface area contributed by atoms with Gasteiger partial charge in [0.1, 0.15) is 0 Å². The van der Waals surface area contributed by atoms with Gasteiger partial charge in [0.25, 0.3) is 0 Å². The van der Waals surface area contributed by atoms with Crippen LogP contribution in [0.2, 0.25) is 0 Å². The molecule has 0 bridgehead atoms. The standard InChI is InChI=1S/C22H29N3O.HI/c1-16(2)18-10-6-12-20(14-18)25-22(23)24-15-19-11-7-13-26-21(19)17-8-4-3-5-9-17;/h3-6,8-10,12,14,16,19,21H,7,11,13,15H2,1-2H3,(H3,23,24,25);1H. The lowest BCUT2D eigenvalue weighted by Crippen LogP contribution is -2.28. The molecule has 5 heteroatoms. The van der Waals surface area contributed by atoms with Crippen LogP contribution in [0.5, 0.6) is 0 Å². The second-order valence-electron chi connectivity index (χ2n) is 7.24. The molecule has 3 N–H and O–H groups in total. The lowest BCUT2D eigenvalue weighted by molar-refractivity contribution is -0.0249. The third kappa shape index (κ3) is 6.21. The third-order valence-electron chi connectivity index (χ3n) is 4.89. The molecule has 1 heterocycles. The second kappa shape index (κ2) is 10.7. The smallest absolute Gasteiger partial charge is 0.193 e. The number of hydrogen-bond acceptors (Lipinski definition) is 2. The highest BCUT2D eigenvalue weighted by Gasteiger charge is 2.27. The minimum atomic E-state index is 0. The Morgan fingerprint density at radius 2 is 1.96 bits per heavy atom. The summed E-state index contributed by atoms with van der Waals surface area (Å²) in [5.41, 5.74) is 9.62. The van der Waals surface area contributed by atoms with E-state index in [1.807, 2.05) is 18.2 Å². The predicted molar refractivity (Wildman–Crippen MR) is 124 cm³/mol. The van der Waals surface area contributed by atoms with E-state index in [0.29, 0.717) is 24.3 Å². The van der Waals surface area contributed by atoms with Crippen LogP contribution in [0.3, 0.4) is 0 Å². The Morgan fingerprint density at radius 3 is 2.70 bits per heavy atom. The molecule has 3 rings (SSSR count). The number of halogens is 1. The fourth-order valence-corrected chi connectivity index (χ4v) is 3.42. The predicted octanol–water partition coefficient (Wildman–Crippen LogP) is 5.32. The van der Waals surface area contributed by atoms with Crippen molar-refractivity contribution in [2.75, 3.05) is 18.5 Å². The van der Waals surface area contributed by atoms with E-state index in [4.69, 9.17) is 10.5 Å². The van der Waals surface area contributed by atoms with E-state index in [0.717, 1.165) is 25.1 Å². The van der Waals surface area contributed by atoms with E-state index in [-0.39, 0.29) is 30.1 Å². The number of hydrogen-bond donors (Lipinski definition) is 2. The van der Waals surface area contributed by atoms with Gasteiger partial charge in [-0.15, -0.1) is 24.0 Å². The summed E-state index contributed by atoms with van der Waals surface area (Å²) in [6, 6.07) is 18.7. The number of guanidine groups is 1. The van der Waals surface area contributed by atoms with Gasteiger partial charge in [-0.3, -0.25) is 4.99 Å². The number of nitrogens with one attached hydrogen (secondary N) is 1. The van der Waals surface area contributed by atoms with Gasteiger partial charge in [0.2, 0.25) is 0 Å². The first-order chi connectivity index (χ1) is 12.6. The van der Waals surface area contributed by atoms with Gasteiger partial charge in [-0.1, -0.05) is 56.3 Å². The average molecular weight is 479 g/mol. The molecule has 1 aliphatic rings. The zero-order chi connectivity index (χ0) is 18.4. The topological polar surface area (TPSA) is 59.6 Å². The maximum Gasteiger partial charge on any atom is 0.193 e. The van der Waals surface area contributed by atoms with Gasteiger partial charge in [-0.25, -0.2) is 0 Å². The summed E-state index contributed by atoms with van der Waals surface area (Å²) < 4.78 is 6.04. The molecule has 1 aliphatic heterocycles. The molecule has 0 amide bonds. The highest BCUT2D eigenvalue weighted by molar-refractivity contribution is 14.0. The molecular formula is C22H30IN3O. The molecule has 0 spiro atoms. The summed E-state index contributed by atoms with van der Waals surface area (Å²) in [6.07, 6.45) is 2.29. The summed E-state index contributed by atoms with van der Waals surface area (Å²) in [4.78, 5) is 4.60. The molecule has 0 saturated carbocycles. The van der Waals surface area contributed by atoms with Crippen LogP contribution in [-0.2, 0) is 4.74 Å². The van der Waals surface area contributed by atoms with Crippen molar-refractivity contribution in [3.63, 3.8) is 0 Å². The number of aliphatic imine (C=N–C) groups is 1. The van der Waals surface area contributed by atoms with Gasteiger partial charge in [-0.2, -0.15) is 0 Å². The molecule has 2 aromatic carbocycles. The summed E-state index contributed by atoms with van der Waals surface area (Å²) in [6.45, 7) is 5.85. The van der Waals surface area contributed by atoms with E-state index in [2.05, 4.69) is 60.6 Å². The minimum absolute atomic E-state index is 0. The largest absolute Gasteiger partial charge is 0.373 e. The molecule has 27 heavy (non-hydrogen) atoms. The van der Waals surface area contributed by atoms with Crippen LogP contribution >= 0.6 is 24.0 Å². The van der Waals surface area contributed by atoms with Gasteiger partial charge in [0.15, 0.2) is 5.96 Å². The zero-order valence-electron chi connectivity index (χ0n) is 16.1. The van der Waals surface area contributed by atoms with Gasteiger partial charge in [0.05, 0.1) is 6.10 Å². The number of nitrogens with two attached hydrogens (primary N) is 1. The van der Waals surface area contributed by atoms with E-state index in [1.54, 1.807) is 0 Å². The number of benzene rings is 2. The summed E-state index contributed by atoms with van der Waals surface area (Å²) in [5, 5.41) is 3.22. The van der Waals surface area contributed by atoms with Crippen LogP contribution < -0.4 is 11.1 Å².